The molecular weight excluding hydrogens is 549 g/mol. The molecule has 13 heteroatoms. The summed E-state index contributed by atoms with van der Waals surface area (Å²) in [5, 5.41) is 10.7. The zero-order valence-corrected chi connectivity index (χ0v) is 22.0. The van der Waals surface area contributed by atoms with Gasteiger partial charge >= 0.3 is 0 Å². The molecule has 0 saturated carbocycles. The van der Waals surface area contributed by atoms with Crippen molar-refractivity contribution in [3.05, 3.63) is 62.9 Å². The Hall–Kier alpha value is -2.50. The molecule has 9 nitrogen and oxygen atoms in total. The highest BCUT2D eigenvalue weighted by atomic mass is 35.5. The maximum Gasteiger partial charge on any atom is 0.274 e. The number of benzene rings is 1. The smallest absolute Gasteiger partial charge is 0.274 e. The van der Waals surface area contributed by atoms with E-state index < -0.39 is 17.4 Å². The number of anilines is 1. The SMILES string of the molecule is CC1(NC(=O)c2cc(Cl)cc(Cl)c2NC(=O)c2cc(OC3CSC3)nn2-c2ncccc2Cl)COC1. The molecule has 2 fully saturated rings. The van der Waals surface area contributed by atoms with Crippen molar-refractivity contribution >= 4 is 64.1 Å². The van der Waals surface area contributed by atoms with E-state index in [4.69, 9.17) is 44.3 Å². The number of nitrogens with zero attached hydrogens (tertiary/aromatic N) is 3. The Bertz CT molecular complexity index is 1340. The summed E-state index contributed by atoms with van der Waals surface area (Å²) in [6.07, 6.45) is 1.54. The first-order valence-corrected chi connectivity index (χ1v) is 13.2. The Kier molecular flexibility index (Phi) is 7.06. The zero-order valence-electron chi connectivity index (χ0n) is 18.9. The van der Waals surface area contributed by atoms with Crippen LogP contribution in [0.15, 0.2) is 36.5 Å². The Labute approximate surface area is 225 Å². The number of hydrogen-bond donors (Lipinski definition) is 2. The average molecular weight is 569 g/mol. The summed E-state index contributed by atoms with van der Waals surface area (Å²) >= 11 is 20.7. The van der Waals surface area contributed by atoms with E-state index in [2.05, 4.69) is 20.7 Å². The topological polar surface area (TPSA) is 107 Å². The molecule has 5 rings (SSSR count). The van der Waals surface area contributed by atoms with Crippen LogP contribution in [0.2, 0.25) is 15.1 Å². The van der Waals surface area contributed by atoms with Gasteiger partial charge in [-0.25, -0.2) is 9.67 Å². The third-order valence-corrected chi connectivity index (χ3v) is 7.58. The molecule has 2 saturated heterocycles. The van der Waals surface area contributed by atoms with Gasteiger partial charge in [-0.3, -0.25) is 9.59 Å². The van der Waals surface area contributed by atoms with E-state index in [-0.39, 0.29) is 44.8 Å². The van der Waals surface area contributed by atoms with E-state index in [0.717, 1.165) is 11.5 Å². The van der Waals surface area contributed by atoms with Crippen LogP contribution in [0.1, 0.15) is 27.8 Å². The van der Waals surface area contributed by atoms with Crippen LogP contribution in [0, 0.1) is 0 Å². The number of halogens is 3. The zero-order chi connectivity index (χ0) is 25.4. The number of aromatic nitrogens is 3. The number of amides is 2. The minimum atomic E-state index is -0.599. The van der Waals surface area contributed by atoms with Gasteiger partial charge in [-0.15, -0.1) is 5.10 Å². The van der Waals surface area contributed by atoms with Gasteiger partial charge in [-0.05, 0) is 31.2 Å². The van der Waals surface area contributed by atoms with Crippen molar-refractivity contribution in [1.82, 2.24) is 20.1 Å². The Morgan fingerprint density at radius 3 is 2.58 bits per heavy atom. The van der Waals surface area contributed by atoms with Gasteiger partial charge in [0.1, 0.15) is 11.8 Å². The lowest BCUT2D eigenvalue weighted by Crippen LogP contribution is -2.59. The highest BCUT2D eigenvalue weighted by Gasteiger charge is 2.36. The summed E-state index contributed by atoms with van der Waals surface area (Å²) in [5.41, 5.74) is -0.216. The molecule has 2 N–H and O–H groups in total. The largest absolute Gasteiger partial charge is 0.472 e. The second-order valence-corrected chi connectivity index (χ2v) is 11.0. The quantitative estimate of drug-likeness (QED) is 0.432. The van der Waals surface area contributed by atoms with Crippen molar-refractivity contribution in [2.24, 2.45) is 0 Å². The number of ether oxygens (including phenoxy) is 2. The molecule has 4 heterocycles. The number of thioether (sulfide) groups is 1. The molecule has 2 aliphatic rings. The predicted molar refractivity (Wildman–Crippen MR) is 139 cm³/mol. The first kappa shape index (κ1) is 25.2. The second-order valence-electron chi connectivity index (χ2n) is 8.64. The van der Waals surface area contributed by atoms with E-state index in [1.54, 1.807) is 23.9 Å². The summed E-state index contributed by atoms with van der Waals surface area (Å²) in [7, 11) is 0. The first-order valence-electron chi connectivity index (χ1n) is 10.9. The van der Waals surface area contributed by atoms with Crippen molar-refractivity contribution in [1.29, 1.82) is 0 Å². The molecule has 3 aromatic rings. The van der Waals surface area contributed by atoms with E-state index >= 15 is 0 Å². The van der Waals surface area contributed by atoms with Crippen molar-refractivity contribution in [2.45, 2.75) is 18.6 Å². The van der Waals surface area contributed by atoms with Crippen LogP contribution in [0.3, 0.4) is 0 Å². The number of carbonyl (C=O) groups excluding carboxylic acids is 2. The van der Waals surface area contributed by atoms with Gasteiger partial charge in [0.2, 0.25) is 5.88 Å². The molecule has 0 spiro atoms. The monoisotopic (exact) mass is 567 g/mol. The van der Waals surface area contributed by atoms with Crippen LogP contribution in [0.5, 0.6) is 5.88 Å². The molecule has 0 aliphatic carbocycles. The Morgan fingerprint density at radius 1 is 1.17 bits per heavy atom. The van der Waals surface area contributed by atoms with Gasteiger partial charge in [-0.2, -0.15) is 11.8 Å². The fraction of sp³-hybridized carbons (Fsp3) is 0.304. The van der Waals surface area contributed by atoms with Gasteiger partial charge in [0.25, 0.3) is 11.8 Å². The van der Waals surface area contributed by atoms with Crippen molar-refractivity contribution < 1.29 is 19.1 Å². The standard InChI is InChI=1S/C23H20Cl3N5O4S/c1-23(10-34-11-23)29-21(32)14-5-12(24)6-16(26)19(14)28-22(33)17-7-18(35-13-8-36-9-13)30-31(17)20-15(25)3-2-4-27-20/h2-7,13H,8-11H2,1H3,(H,28,33)(H,29,32). The fourth-order valence-electron chi connectivity index (χ4n) is 3.61. The van der Waals surface area contributed by atoms with E-state index in [0.29, 0.717) is 18.2 Å². The first-order chi connectivity index (χ1) is 17.2. The molecule has 188 valence electrons. The number of pyridine rings is 1. The third-order valence-electron chi connectivity index (χ3n) is 5.55. The van der Waals surface area contributed by atoms with Gasteiger partial charge in [0.15, 0.2) is 5.82 Å². The summed E-state index contributed by atoms with van der Waals surface area (Å²) in [6.45, 7) is 2.61. The Morgan fingerprint density at radius 2 is 1.94 bits per heavy atom. The third kappa shape index (κ3) is 5.14. The maximum atomic E-state index is 13.5. The minimum Gasteiger partial charge on any atom is -0.472 e. The summed E-state index contributed by atoms with van der Waals surface area (Å²) in [4.78, 5) is 30.9. The molecule has 0 atom stereocenters. The van der Waals surface area contributed by atoms with Crippen molar-refractivity contribution in [3.63, 3.8) is 0 Å². The second kappa shape index (κ2) is 10.1. The number of carbonyl (C=O) groups is 2. The minimum absolute atomic E-state index is 0.00586. The summed E-state index contributed by atoms with van der Waals surface area (Å²) in [6, 6.07) is 7.69. The van der Waals surface area contributed by atoms with Gasteiger partial charge in [0.05, 0.1) is 40.0 Å². The summed E-state index contributed by atoms with van der Waals surface area (Å²) < 4.78 is 12.4. The Balaban J connectivity index is 1.49. The van der Waals surface area contributed by atoms with E-state index in [9.17, 15) is 9.59 Å². The maximum absolute atomic E-state index is 13.5. The normalized spacial score (nSPS) is 16.6. The molecule has 2 aromatic heterocycles. The summed E-state index contributed by atoms with van der Waals surface area (Å²) in [5.74, 6) is 1.13. The van der Waals surface area contributed by atoms with Crippen LogP contribution in [0.4, 0.5) is 5.69 Å². The highest BCUT2D eigenvalue weighted by Crippen LogP contribution is 2.33. The number of rotatable bonds is 7. The molecule has 0 unspecified atom stereocenters. The lowest BCUT2D eigenvalue weighted by molar-refractivity contribution is -0.0593. The predicted octanol–water partition coefficient (Wildman–Crippen LogP) is 4.49. The molecule has 36 heavy (non-hydrogen) atoms. The molecular formula is C23H20Cl3N5O4S. The van der Waals surface area contributed by atoms with E-state index in [1.807, 2.05) is 6.92 Å². The van der Waals surface area contributed by atoms with Crippen LogP contribution >= 0.6 is 46.6 Å². The van der Waals surface area contributed by atoms with E-state index in [1.165, 1.54) is 29.1 Å². The van der Waals surface area contributed by atoms with Gasteiger partial charge in [-0.1, -0.05) is 34.8 Å². The van der Waals surface area contributed by atoms with Crippen LogP contribution in [-0.4, -0.2) is 62.9 Å². The lowest BCUT2D eigenvalue weighted by atomic mass is 9.99. The molecule has 1 aromatic carbocycles. The average Bonchev–Trinajstić information content (AvgIpc) is 3.21. The van der Waals surface area contributed by atoms with Crippen LogP contribution in [-0.2, 0) is 4.74 Å². The lowest BCUT2D eigenvalue weighted by Gasteiger charge is -2.38. The van der Waals surface area contributed by atoms with Crippen LogP contribution < -0.4 is 15.4 Å². The van der Waals surface area contributed by atoms with Crippen molar-refractivity contribution in [3.8, 4) is 11.7 Å². The molecule has 0 bridgehead atoms. The molecule has 2 aliphatic heterocycles. The van der Waals surface area contributed by atoms with Gasteiger partial charge < -0.3 is 20.1 Å². The fourth-order valence-corrected chi connectivity index (χ4v) is 4.91. The number of nitrogens with one attached hydrogen (secondary N) is 2. The molecule has 2 amide bonds. The van der Waals surface area contributed by atoms with Crippen molar-refractivity contribution in [2.75, 3.05) is 30.0 Å². The molecule has 0 radical (unpaired) electrons. The highest BCUT2D eigenvalue weighted by molar-refractivity contribution is 8.00. The van der Waals surface area contributed by atoms with Crippen LogP contribution in [0.25, 0.3) is 5.82 Å². The van der Waals surface area contributed by atoms with Gasteiger partial charge in [0, 0.05) is 28.8 Å². The number of hydrogen-bond acceptors (Lipinski definition) is 7.